The van der Waals surface area contributed by atoms with Gasteiger partial charge in [-0.05, 0) is 105 Å². The van der Waals surface area contributed by atoms with Gasteiger partial charge in [-0.1, -0.05) is 69.8 Å². The molecular weight excluding hydrogens is 605 g/mol. The van der Waals surface area contributed by atoms with Crippen LogP contribution in [0.2, 0.25) is 0 Å². The van der Waals surface area contributed by atoms with E-state index in [0.29, 0.717) is 28.6 Å². The first-order valence-electron chi connectivity index (χ1n) is 15.5. The Bertz CT molecular complexity index is 1870. The van der Waals surface area contributed by atoms with Gasteiger partial charge >= 0.3 is 11.4 Å². The minimum atomic E-state index is -0.466. The lowest BCUT2D eigenvalue weighted by Gasteiger charge is -2.28. The molecule has 1 saturated carbocycles. The number of hydrogen-bond acceptors (Lipinski definition) is 6. The molecule has 45 heavy (non-hydrogen) atoms. The van der Waals surface area contributed by atoms with Crippen LogP contribution in [0.25, 0.3) is 0 Å². The monoisotopic (exact) mass is 648 g/mol. The first kappa shape index (κ1) is 34.4. The van der Waals surface area contributed by atoms with Crippen molar-refractivity contribution in [3.05, 3.63) is 111 Å². The highest BCUT2D eigenvalue weighted by Crippen LogP contribution is 2.35. The van der Waals surface area contributed by atoms with Crippen molar-refractivity contribution in [1.82, 2.24) is 19.5 Å². The third-order valence-electron chi connectivity index (χ3n) is 7.77. The van der Waals surface area contributed by atoms with Gasteiger partial charge in [0.05, 0.1) is 21.2 Å². The van der Waals surface area contributed by atoms with Crippen LogP contribution in [-0.4, -0.2) is 19.5 Å². The van der Waals surface area contributed by atoms with Crippen LogP contribution in [0.4, 0.5) is 0 Å². The van der Waals surface area contributed by atoms with E-state index in [1.54, 1.807) is 16.3 Å². The van der Waals surface area contributed by atoms with Gasteiger partial charge in [0.15, 0.2) is 0 Å². The van der Waals surface area contributed by atoms with E-state index in [-0.39, 0.29) is 28.6 Å². The third-order valence-corrected chi connectivity index (χ3v) is 9.88. The van der Waals surface area contributed by atoms with E-state index in [9.17, 15) is 19.2 Å². The summed E-state index contributed by atoms with van der Waals surface area (Å²) < 4.78 is 1.79. The van der Waals surface area contributed by atoms with Crippen LogP contribution < -0.4 is 22.5 Å². The Morgan fingerprint density at radius 1 is 0.689 bits per heavy atom. The smallest absolute Gasteiger partial charge is 0.301 e. The summed E-state index contributed by atoms with van der Waals surface area (Å²) >= 11 is 2.97. The predicted octanol–water partition coefficient (Wildman–Crippen LogP) is 7.18. The average Bonchev–Trinajstić information content (AvgIpc) is 2.85. The van der Waals surface area contributed by atoms with Crippen LogP contribution >= 0.6 is 23.5 Å². The number of aryl methyl sites for hydroxylation is 4. The van der Waals surface area contributed by atoms with Crippen LogP contribution in [0, 0.1) is 33.6 Å². The van der Waals surface area contributed by atoms with Gasteiger partial charge in [-0.25, -0.2) is 9.59 Å². The summed E-state index contributed by atoms with van der Waals surface area (Å²) in [5.41, 5.74) is 4.71. The zero-order valence-corrected chi connectivity index (χ0v) is 29.1. The summed E-state index contributed by atoms with van der Waals surface area (Å²) in [6.45, 7) is 16.8. The maximum absolute atomic E-state index is 12.5. The average molecular weight is 649 g/mol. The molecule has 0 aliphatic heterocycles. The molecular formula is C35H44N4O4S2. The summed E-state index contributed by atoms with van der Waals surface area (Å²) in [5, 5.41) is 1.43. The van der Waals surface area contributed by atoms with E-state index >= 15 is 0 Å². The van der Waals surface area contributed by atoms with E-state index in [0.717, 1.165) is 38.8 Å². The molecule has 3 N–H and O–H groups in total. The van der Waals surface area contributed by atoms with Crippen LogP contribution in [0.1, 0.15) is 92.2 Å². The van der Waals surface area contributed by atoms with Gasteiger partial charge in [-0.3, -0.25) is 24.1 Å². The van der Waals surface area contributed by atoms with Crippen molar-refractivity contribution in [3.63, 3.8) is 0 Å². The number of aromatic nitrogens is 4. The topological polar surface area (TPSA) is 121 Å². The molecule has 0 amide bonds. The van der Waals surface area contributed by atoms with Crippen LogP contribution in [0.3, 0.4) is 0 Å². The number of benzene rings is 2. The number of hydrogen-bond donors (Lipinski definition) is 3. The molecule has 1 fully saturated rings. The largest absolute Gasteiger partial charge is 0.329 e. The standard InChI is InChI=1S/C20H26N2O2S.C15H18N2O2S/c1-12(2)17-18(23)21-20(24)22(11-15-6-5-7-15)19(17)25-16-9-13(3)8-14(4)10-16;1-8(2)12-13(18)16-15(19)17-14(12)20-11-6-9(3)5-10(4)7-11/h8-10,12,15H,5-7,11H2,1-4H3,(H,21,23,24);5-8H,1-4H3,(H2,16,17,18,19). The molecule has 0 saturated heterocycles. The fourth-order valence-electron chi connectivity index (χ4n) is 5.58. The van der Waals surface area contributed by atoms with Crippen LogP contribution in [0.15, 0.2) is 75.4 Å². The molecule has 0 bridgehead atoms. The zero-order chi connectivity index (χ0) is 33.0. The van der Waals surface area contributed by atoms with Crippen molar-refractivity contribution < 1.29 is 0 Å². The van der Waals surface area contributed by atoms with E-state index in [4.69, 9.17) is 0 Å². The molecule has 4 aromatic rings. The zero-order valence-electron chi connectivity index (χ0n) is 27.4. The van der Waals surface area contributed by atoms with Crippen molar-refractivity contribution in [2.45, 2.75) is 113 Å². The summed E-state index contributed by atoms with van der Waals surface area (Å²) in [6, 6.07) is 12.5. The number of rotatable bonds is 8. The molecule has 2 aromatic heterocycles. The number of H-pyrrole nitrogens is 3. The highest BCUT2D eigenvalue weighted by atomic mass is 32.2. The van der Waals surface area contributed by atoms with Gasteiger partial charge in [-0.15, -0.1) is 0 Å². The van der Waals surface area contributed by atoms with Crippen molar-refractivity contribution in [3.8, 4) is 0 Å². The lowest BCUT2D eigenvalue weighted by molar-refractivity contribution is 0.264. The fourth-order valence-corrected chi connectivity index (χ4v) is 8.30. The molecule has 10 heteroatoms. The molecule has 0 radical (unpaired) electrons. The first-order valence-corrected chi connectivity index (χ1v) is 17.1. The summed E-state index contributed by atoms with van der Waals surface area (Å²) in [6.07, 6.45) is 3.56. The maximum atomic E-state index is 12.5. The molecule has 2 heterocycles. The molecule has 8 nitrogen and oxygen atoms in total. The Labute approximate surface area is 272 Å². The van der Waals surface area contributed by atoms with Gasteiger partial charge < -0.3 is 4.98 Å². The van der Waals surface area contributed by atoms with Gasteiger partial charge in [0.2, 0.25) is 0 Å². The van der Waals surface area contributed by atoms with E-state index < -0.39 is 5.69 Å². The Hall–Kier alpha value is -3.50. The minimum absolute atomic E-state index is 0.0454. The Kier molecular flexibility index (Phi) is 11.3. The fraction of sp³-hybridized carbons (Fsp3) is 0.429. The lowest BCUT2D eigenvalue weighted by atomic mass is 9.85. The maximum Gasteiger partial charge on any atom is 0.329 e. The number of nitrogens with zero attached hydrogens (tertiary/aromatic N) is 1. The van der Waals surface area contributed by atoms with Crippen LogP contribution in [-0.2, 0) is 6.54 Å². The number of aromatic amines is 3. The third kappa shape index (κ3) is 8.82. The Morgan fingerprint density at radius 2 is 1.18 bits per heavy atom. The van der Waals surface area contributed by atoms with E-state index in [1.165, 1.54) is 29.3 Å². The minimum Gasteiger partial charge on any atom is -0.301 e. The second kappa shape index (κ2) is 14.7. The molecule has 5 rings (SSSR count). The van der Waals surface area contributed by atoms with Gasteiger partial charge in [0, 0.05) is 16.3 Å². The highest BCUT2D eigenvalue weighted by Gasteiger charge is 2.24. The predicted molar refractivity (Wildman–Crippen MR) is 185 cm³/mol. The molecule has 240 valence electrons. The lowest BCUT2D eigenvalue weighted by Crippen LogP contribution is -2.36. The summed E-state index contributed by atoms with van der Waals surface area (Å²) in [5.74, 6) is 0.650. The van der Waals surface area contributed by atoms with Crippen molar-refractivity contribution in [2.24, 2.45) is 5.92 Å². The Morgan fingerprint density at radius 3 is 1.64 bits per heavy atom. The highest BCUT2D eigenvalue weighted by molar-refractivity contribution is 7.99. The van der Waals surface area contributed by atoms with E-state index in [2.05, 4.69) is 53.1 Å². The van der Waals surface area contributed by atoms with Crippen molar-refractivity contribution >= 4 is 23.5 Å². The van der Waals surface area contributed by atoms with Crippen LogP contribution in [0.5, 0.6) is 0 Å². The normalized spacial score (nSPS) is 13.1. The van der Waals surface area contributed by atoms with Gasteiger partial charge in [0.25, 0.3) is 11.1 Å². The quantitative estimate of drug-likeness (QED) is 0.174. The first-order chi connectivity index (χ1) is 21.2. The molecule has 0 atom stereocenters. The molecule has 2 aromatic carbocycles. The molecule has 1 aliphatic carbocycles. The molecule has 0 spiro atoms. The summed E-state index contributed by atoms with van der Waals surface area (Å²) in [7, 11) is 0. The van der Waals surface area contributed by atoms with E-state index in [1.807, 2.05) is 53.7 Å². The second-order valence-electron chi connectivity index (χ2n) is 12.7. The molecule has 1 aliphatic rings. The van der Waals surface area contributed by atoms with Crippen molar-refractivity contribution in [1.29, 1.82) is 0 Å². The Balaban J connectivity index is 0.000000210. The number of nitrogens with one attached hydrogen (secondary N) is 3. The second-order valence-corrected chi connectivity index (χ2v) is 14.8. The van der Waals surface area contributed by atoms with Gasteiger partial charge in [-0.2, -0.15) is 0 Å². The SMILES string of the molecule is Cc1cc(C)cc(Sc2[nH]c(=O)[nH]c(=O)c2C(C)C)c1.Cc1cc(C)cc(Sc2c(C(C)C)c(=O)[nH]c(=O)n2CC2CCC2)c1. The summed E-state index contributed by atoms with van der Waals surface area (Å²) in [4.78, 5) is 58.1. The van der Waals surface area contributed by atoms with Gasteiger partial charge in [0.1, 0.15) is 0 Å². The molecule has 0 unspecified atom stereocenters. The van der Waals surface area contributed by atoms with Crippen molar-refractivity contribution in [2.75, 3.05) is 0 Å².